The van der Waals surface area contributed by atoms with Gasteiger partial charge in [0.2, 0.25) is 5.91 Å². The average Bonchev–Trinajstić information content (AvgIpc) is 2.93. The van der Waals surface area contributed by atoms with E-state index >= 15 is 0 Å². The Kier molecular flexibility index (Phi) is 4.88. The number of hydrogen-bond donors (Lipinski definition) is 1. The molecule has 1 amide bonds. The first-order valence-electron chi connectivity index (χ1n) is 8.07. The second-order valence-corrected chi connectivity index (χ2v) is 7.09. The summed E-state index contributed by atoms with van der Waals surface area (Å²) in [6.45, 7) is 9.69. The Morgan fingerprint density at radius 2 is 1.84 bits per heavy atom. The molecule has 1 heterocycles. The Labute approximate surface area is 118 Å². The number of nitrogens with zero attached hydrogens (tertiary/aromatic N) is 1. The largest absolute Gasteiger partial charge is 0.325 e. The van der Waals surface area contributed by atoms with Crippen LogP contribution in [0.5, 0.6) is 0 Å². The summed E-state index contributed by atoms with van der Waals surface area (Å²) < 4.78 is 0. The first kappa shape index (κ1) is 14.8. The van der Waals surface area contributed by atoms with Crippen LogP contribution in [-0.2, 0) is 4.79 Å². The third-order valence-electron chi connectivity index (χ3n) is 4.70. The molecule has 3 heteroatoms. The van der Waals surface area contributed by atoms with E-state index in [0.29, 0.717) is 29.8 Å². The van der Waals surface area contributed by atoms with Gasteiger partial charge in [-0.25, -0.2) is 0 Å². The fourth-order valence-electron chi connectivity index (χ4n) is 3.45. The lowest BCUT2D eigenvalue weighted by Gasteiger charge is -2.29. The zero-order valence-electron chi connectivity index (χ0n) is 13.0. The minimum Gasteiger partial charge on any atom is -0.325 e. The molecule has 0 spiro atoms. The minimum atomic E-state index is 0.0396. The molecule has 0 aromatic rings. The molecule has 1 aliphatic heterocycles. The standard InChI is InChI=1S/C16H30N2O/c1-11(2)9-10-18-15(13-7-5-6-8-13)17-14(12(3)4)16(18)19/h11-15,17H,5-10H2,1-4H3. The van der Waals surface area contributed by atoms with Gasteiger partial charge in [-0.05, 0) is 37.0 Å². The van der Waals surface area contributed by atoms with E-state index in [4.69, 9.17) is 0 Å². The Bertz CT molecular complexity index is 308. The Morgan fingerprint density at radius 1 is 1.21 bits per heavy atom. The van der Waals surface area contributed by atoms with Crippen molar-refractivity contribution in [2.45, 2.75) is 72.0 Å². The molecule has 1 aliphatic carbocycles. The summed E-state index contributed by atoms with van der Waals surface area (Å²) in [5.41, 5.74) is 0. The molecule has 19 heavy (non-hydrogen) atoms. The van der Waals surface area contributed by atoms with E-state index in [9.17, 15) is 4.79 Å². The summed E-state index contributed by atoms with van der Waals surface area (Å²) in [5.74, 6) is 2.07. The fraction of sp³-hybridized carbons (Fsp3) is 0.938. The summed E-state index contributed by atoms with van der Waals surface area (Å²) in [6.07, 6.45) is 6.66. The van der Waals surface area contributed by atoms with Crippen molar-refractivity contribution in [2.24, 2.45) is 17.8 Å². The average molecular weight is 266 g/mol. The van der Waals surface area contributed by atoms with E-state index in [2.05, 4.69) is 37.9 Å². The van der Waals surface area contributed by atoms with E-state index in [-0.39, 0.29) is 6.04 Å². The summed E-state index contributed by atoms with van der Waals surface area (Å²) >= 11 is 0. The topological polar surface area (TPSA) is 32.3 Å². The molecule has 0 aromatic carbocycles. The van der Waals surface area contributed by atoms with Crippen molar-refractivity contribution < 1.29 is 4.79 Å². The van der Waals surface area contributed by atoms with Crippen molar-refractivity contribution in [1.29, 1.82) is 0 Å². The van der Waals surface area contributed by atoms with Gasteiger partial charge in [-0.2, -0.15) is 0 Å². The van der Waals surface area contributed by atoms with Crippen molar-refractivity contribution >= 4 is 5.91 Å². The summed E-state index contributed by atoms with van der Waals surface area (Å²) in [6, 6.07) is 0.0396. The first-order chi connectivity index (χ1) is 9.00. The van der Waals surface area contributed by atoms with Gasteiger partial charge in [0.25, 0.3) is 0 Å². The van der Waals surface area contributed by atoms with E-state index in [1.807, 2.05) is 0 Å². The van der Waals surface area contributed by atoms with Gasteiger partial charge in [0.05, 0.1) is 12.2 Å². The zero-order valence-corrected chi connectivity index (χ0v) is 13.0. The molecule has 0 bridgehead atoms. The summed E-state index contributed by atoms with van der Waals surface area (Å²) in [5, 5.41) is 3.63. The van der Waals surface area contributed by atoms with Crippen molar-refractivity contribution in [3.8, 4) is 0 Å². The number of amides is 1. The normalized spacial score (nSPS) is 29.2. The van der Waals surface area contributed by atoms with Crippen LogP contribution < -0.4 is 5.32 Å². The van der Waals surface area contributed by atoms with Crippen LogP contribution in [-0.4, -0.2) is 29.6 Å². The smallest absolute Gasteiger partial charge is 0.241 e. The second kappa shape index (κ2) is 6.25. The predicted molar refractivity (Wildman–Crippen MR) is 78.7 cm³/mol. The monoisotopic (exact) mass is 266 g/mol. The second-order valence-electron chi connectivity index (χ2n) is 7.09. The van der Waals surface area contributed by atoms with Crippen LogP contribution in [0.2, 0.25) is 0 Å². The van der Waals surface area contributed by atoms with Crippen LogP contribution in [0.4, 0.5) is 0 Å². The maximum Gasteiger partial charge on any atom is 0.241 e. The van der Waals surface area contributed by atoms with Gasteiger partial charge in [-0.15, -0.1) is 0 Å². The van der Waals surface area contributed by atoms with Gasteiger partial charge in [0, 0.05) is 6.54 Å². The number of carbonyl (C=O) groups excluding carboxylic acids is 1. The minimum absolute atomic E-state index is 0.0396. The molecule has 1 N–H and O–H groups in total. The van der Waals surface area contributed by atoms with Crippen LogP contribution in [0.3, 0.4) is 0 Å². The number of hydrogen-bond acceptors (Lipinski definition) is 2. The molecule has 2 atom stereocenters. The lowest BCUT2D eigenvalue weighted by molar-refractivity contribution is -0.131. The Morgan fingerprint density at radius 3 is 2.37 bits per heavy atom. The third-order valence-corrected chi connectivity index (χ3v) is 4.70. The first-order valence-corrected chi connectivity index (χ1v) is 8.07. The predicted octanol–water partition coefficient (Wildman–Crippen LogP) is 3.01. The third kappa shape index (κ3) is 3.31. The molecule has 2 fully saturated rings. The molecule has 1 saturated carbocycles. The lowest BCUT2D eigenvalue weighted by Crippen LogP contribution is -2.43. The van der Waals surface area contributed by atoms with Crippen LogP contribution in [0.15, 0.2) is 0 Å². The lowest BCUT2D eigenvalue weighted by atomic mass is 10.0. The molecule has 0 aromatic heterocycles. The van der Waals surface area contributed by atoms with Gasteiger partial charge < -0.3 is 4.90 Å². The number of carbonyl (C=O) groups is 1. The van der Waals surface area contributed by atoms with Crippen molar-refractivity contribution in [3.63, 3.8) is 0 Å². The van der Waals surface area contributed by atoms with E-state index in [1.165, 1.54) is 25.7 Å². The Hall–Kier alpha value is -0.570. The SMILES string of the molecule is CC(C)CCN1C(=O)C(C(C)C)NC1C1CCCC1. The highest BCUT2D eigenvalue weighted by Gasteiger charge is 2.43. The highest BCUT2D eigenvalue weighted by atomic mass is 16.2. The zero-order chi connectivity index (χ0) is 14.0. The van der Waals surface area contributed by atoms with Crippen LogP contribution >= 0.6 is 0 Å². The van der Waals surface area contributed by atoms with Crippen LogP contribution in [0.25, 0.3) is 0 Å². The maximum atomic E-state index is 12.6. The van der Waals surface area contributed by atoms with E-state index in [0.717, 1.165) is 13.0 Å². The molecule has 1 saturated heterocycles. The number of rotatable bonds is 5. The van der Waals surface area contributed by atoms with Crippen LogP contribution in [0.1, 0.15) is 59.8 Å². The van der Waals surface area contributed by atoms with Gasteiger partial charge in [0.1, 0.15) is 0 Å². The maximum absolute atomic E-state index is 12.6. The van der Waals surface area contributed by atoms with E-state index < -0.39 is 0 Å². The molecular weight excluding hydrogens is 236 g/mol. The molecule has 2 aliphatic rings. The summed E-state index contributed by atoms with van der Waals surface area (Å²) in [4.78, 5) is 14.7. The molecule has 2 rings (SSSR count). The highest BCUT2D eigenvalue weighted by molar-refractivity contribution is 5.84. The molecule has 2 unspecified atom stereocenters. The molecule has 0 radical (unpaired) electrons. The molecule has 110 valence electrons. The Balaban J connectivity index is 2.06. The van der Waals surface area contributed by atoms with Crippen molar-refractivity contribution in [2.75, 3.05) is 6.54 Å². The highest BCUT2D eigenvalue weighted by Crippen LogP contribution is 2.33. The van der Waals surface area contributed by atoms with Gasteiger partial charge in [-0.1, -0.05) is 40.5 Å². The van der Waals surface area contributed by atoms with Crippen LogP contribution in [0, 0.1) is 17.8 Å². The van der Waals surface area contributed by atoms with Gasteiger partial charge in [0.15, 0.2) is 0 Å². The summed E-state index contributed by atoms with van der Waals surface area (Å²) in [7, 11) is 0. The van der Waals surface area contributed by atoms with Crippen molar-refractivity contribution in [3.05, 3.63) is 0 Å². The number of nitrogens with one attached hydrogen (secondary N) is 1. The molecular formula is C16H30N2O. The van der Waals surface area contributed by atoms with Gasteiger partial charge >= 0.3 is 0 Å². The van der Waals surface area contributed by atoms with E-state index in [1.54, 1.807) is 0 Å². The van der Waals surface area contributed by atoms with Crippen molar-refractivity contribution in [1.82, 2.24) is 10.2 Å². The molecule has 3 nitrogen and oxygen atoms in total. The fourth-order valence-corrected chi connectivity index (χ4v) is 3.45. The van der Waals surface area contributed by atoms with Gasteiger partial charge in [-0.3, -0.25) is 10.1 Å². The quantitative estimate of drug-likeness (QED) is 0.829.